The molecule has 0 aromatic heterocycles. The van der Waals surface area contributed by atoms with Gasteiger partial charge in [-0.25, -0.2) is 4.79 Å². The maximum atomic E-state index is 14.7. The van der Waals surface area contributed by atoms with Crippen molar-refractivity contribution in [3.05, 3.63) is 47.0 Å². The zero-order valence-corrected chi connectivity index (χ0v) is 35.4. The van der Waals surface area contributed by atoms with Crippen LogP contribution >= 0.6 is 0 Å². The van der Waals surface area contributed by atoms with Crippen molar-refractivity contribution in [2.45, 2.75) is 180 Å². The van der Waals surface area contributed by atoms with Crippen LogP contribution in [-0.4, -0.2) is 104 Å². The Morgan fingerprint density at radius 2 is 1.59 bits per heavy atom. The molecule has 1 aliphatic heterocycles. The molecule has 324 valence electrons. The van der Waals surface area contributed by atoms with Crippen molar-refractivity contribution < 1.29 is 63.3 Å². The Bertz CT molecular complexity index is 1680. The Morgan fingerprint density at radius 3 is 2.16 bits per heavy atom. The lowest BCUT2D eigenvalue weighted by Crippen LogP contribution is -2.70. The first-order chi connectivity index (χ1) is 27.2. The summed E-state index contributed by atoms with van der Waals surface area (Å²) in [5.74, 6) is -3.50. The lowest BCUT2D eigenvalue weighted by molar-refractivity contribution is -0.291. The van der Waals surface area contributed by atoms with Crippen LogP contribution in [0.2, 0.25) is 0 Å². The Morgan fingerprint density at radius 1 is 0.966 bits per heavy atom. The highest BCUT2D eigenvalue weighted by Crippen LogP contribution is 2.55. The first-order valence-electron chi connectivity index (χ1n) is 20.8. The highest BCUT2D eigenvalue weighted by Gasteiger charge is 2.65. The first kappa shape index (κ1) is 47.0. The van der Waals surface area contributed by atoms with Crippen molar-refractivity contribution in [2.24, 2.45) is 10.8 Å². The number of esters is 3. The van der Waals surface area contributed by atoms with E-state index >= 15 is 0 Å². The lowest BCUT2D eigenvalue weighted by atomic mass is 9.55. The molecule has 5 N–H and O–H groups in total. The Hall–Kier alpha value is -3.69. The van der Waals surface area contributed by atoms with Crippen molar-refractivity contribution in [3.63, 3.8) is 0 Å². The van der Waals surface area contributed by atoms with E-state index in [4.69, 9.17) is 18.9 Å². The molecule has 1 saturated carbocycles. The van der Waals surface area contributed by atoms with Gasteiger partial charge in [-0.3, -0.25) is 19.2 Å². The van der Waals surface area contributed by atoms with E-state index in [1.165, 1.54) is 20.8 Å². The highest BCUT2D eigenvalue weighted by atomic mass is 16.6. The number of fused-ring (bicyclic) bond motifs is 1. The number of benzene rings is 1. The molecule has 10 atom stereocenters. The van der Waals surface area contributed by atoms with Gasteiger partial charge in [-0.1, -0.05) is 83.7 Å². The van der Waals surface area contributed by atoms with Gasteiger partial charge in [-0.2, -0.15) is 0 Å². The number of unbranched alkanes of at least 4 members (excludes halogenated alkanes) is 4. The molecule has 1 aromatic rings. The van der Waals surface area contributed by atoms with Gasteiger partial charge in [0.1, 0.15) is 30.0 Å². The van der Waals surface area contributed by atoms with Gasteiger partial charge in [0, 0.05) is 44.4 Å². The summed E-state index contributed by atoms with van der Waals surface area (Å²) in [7, 11) is 0. The summed E-state index contributed by atoms with van der Waals surface area (Å²) in [6.07, 6.45) is -4.19. The van der Waals surface area contributed by atoms with E-state index < -0.39 is 88.4 Å². The van der Waals surface area contributed by atoms with Crippen LogP contribution in [-0.2, 0) is 42.9 Å². The van der Waals surface area contributed by atoms with Crippen LogP contribution in [0.15, 0.2) is 41.5 Å². The average molecular weight is 816 g/mol. The molecular formula is C44H65NO13. The Labute approximate surface area is 342 Å². The maximum absolute atomic E-state index is 14.7. The molecule has 0 radical (unpaired) electrons. The molecule has 0 bridgehead atoms. The van der Waals surface area contributed by atoms with Crippen LogP contribution < -0.4 is 5.32 Å². The highest BCUT2D eigenvalue weighted by molar-refractivity contribution is 5.92. The monoisotopic (exact) mass is 815 g/mol. The van der Waals surface area contributed by atoms with Gasteiger partial charge in [-0.15, -0.1) is 0 Å². The predicted octanol–water partition coefficient (Wildman–Crippen LogP) is 4.48. The number of aliphatic hydroxyl groups is 4. The second kappa shape index (κ2) is 19.1. The molecule has 4 rings (SSSR count). The van der Waals surface area contributed by atoms with Crippen LogP contribution in [0.3, 0.4) is 0 Å². The number of rotatable bonds is 19. The number of hydrogen-bond donors (Lipinski definition) is 5. The number of Topliss-reactive ketones (excluding diaryl/α,β-unsaturated/α-hetero) is 1. The molecule has 14 nitrogen and oxygen atoms in total. The van der Waals surface area contributed by atoms with Crippen LogP contribution in [0.25, 0.3) is 0 Å². The second-order valence-corrected chi connectivity index (χ2v) is 17.3. The van der Waals surface area contributed by atoms with E-state index in [0.29, 0.717) is 18.4 Å². The molecule has 1 aromatic carbocycles. The molecule has 14 heteroatoms. The second-order valence-electron chi connectivity index (χ2n) is 17.3. The number of amides is 1. The molecule has 58 heavy (non-hydrogen) atoms. The summed E-state index contributed by atoms with van der Waals surface area (Å²) in [4.78, 5) is 66.8. The van der Waals surface area contributed by atoms with Crippen molar-refractivity contribution in [3.8, 4) is 0 Å². The average Bonchev–Trinajstić information content (AvgIpc) is 3.16. The van der Waals surface area contributed by atoms with E-state index in [1.807, 2.05) is 13.8 Å². The van der Waals surface area contributed by atoms with Gasteiger partial charge >= 0.3 is 17.9 Å². The minimum absolute atomic E-state index is 0.000556. The number of ketones is 1. The van der Waals surface area contributed by atoms with E-state index in [-0.39, 0.29) is 55.8 Å². The minimum atomic E-state index is -2.07. The maximum Gasteiger partial charge on any atom is 0.338 e. The predicted molar refractivity (Wildman–Crippen MR) is 212 cm³/mol. The number of nitrogens with one attached hydrogen (secondary N) is 1. The third-order valence-electron chi connectivity index (χ3n) is 12.8. The fourth-order valence-corrected chi connectivity index (χ4v) is 9.11. The van der Waals surface area contributed by atoms with Gasteiger partial charge in [0.05, 0.1) is 24.2 Å². The first-order valence-corrected chi connectivity index (χ1v) is 20.8. The number of carbonyl (C=O) groups excluding carboxylic acids is 5. The van der Waals surface area contributed by atoms with Crippen molar-refractivity contribution >= 4 is 29.6 Å². The van der Waals surface area contributed by atoms with Gasteiger partial charge in [-0.05, 0) is 50.3 Å². The summed E-state index contributed by atoms with van der Waals surface area (Å²) >= 11 is 0. The van der Waals surface area contributed by atoms with E-state index in [1.54, 1.807) is 51.1 Å². The van der Waals surface area contributed by atoms with Crippen LogP contribution in [0.5, 0.6) is 0 Å². The summed E-state index contributed by atoms with van der Waals surface area (Å²) in [5.41, 5.74) is -5.84. The zero-order valence-electron chi connectivity index (χ0n) is 35.4. The van der Waals surface area contributed by atoms with E-state index in [2.05, 4.69) is 5.32 Å². The number of hydrogen-bond acceptors (Lipinski definition) is 13. The number of carbonyl (C=O) groups is 5. The molecular weight excluding hydrogens is 750 g/mol. The third-order valence-corrected chi connectivity index (χ3v) is 12.8. The number of ether oxygens (including phenoxy) is 4. The summed E-state index contributed by atoms with van der Waals surface area (Å²) in [6, 6.07) is 7.26. The molecule has 1 unspecified atom stereocenters. The summed E-state index contributed by atoms with van der Waals surface area (Å²) < 4.78 is 23.0. The van der Waals surface area contributed by atoms with Gasteiger partial charge in [0.2, 0.25) is 5.91 Å². The van der Waals surface area contributed by atoms with Crippen LogP contribution in [0.4, 0.5) is 0 Å². The smallest absolute Gasteiger partial charge is 0.338 e. The van der Waals surface area contributed by atoms with Crippen LogP contribution in [0, 0.1) is 10.8 Å². The van der Waals surface area contributed by atoms with Crippen molar-refractivity contribution in [1.29, 1.82) is 0 Å². The van der Waals surface area contributed by atoms with Gasteiger partial charge in [0.15, 0.2) is 17.5 Å². The fourth-order valence-electron chi connectivity index (χ4n) is 9.11. The lowest BCUT2D eigenvalue weighted by Gasteiger charge is -2.57. The molecule has 1 heterocycles. The molecule has 2 aliphatic carbocycles. The summed E-state index contributed by atoms with van der Waals surface area (Å²) in [6.45, 7) is 12.9. The van der Waals surface area contributed by atoms with Gasteiger partial charge in [0.25, 0.3) is 0 Å². The quantitative estimate of drug-likeness (QED) is 0.0565. The summed E-state index contributed by atoms with van der Waals surface area (Å²) in [5, 5.41) is 50.7. The molecule has 1 saturated heterocycles. The standard InChI is InChI=1S/C44H65NO13/c1-9-11-14-20-33(48)45-36(29-18-16-13-17-19-29)38(51)40(53)57-30-23-44(54,27(4)56-34(49)21-15-12-10-2)41(6,7)35(26(30)3)37(50)39(52)42(8)24-43(58-28(5)46)25-55-32(43)22-31(42)47/h13,16-19,27,30-32,36-38,47,50-51,54H,9-12,14-15,20-25H2,1-8H3,(H,45,48)/t27-,30?,31-,32+,36-,37+,38+,42-,43-,44+/m0/s1. The normalized spacial score (nSPS) is 29.8. The molecule has 1 amide bonds. The minimum Gasteiger partial charge on any atom is -0.460 e. The van der Waals surface area contributed by atoms with E-state index in [9.17, 15) is 44.4 Å². The zero-order chi connectivity index (χ0) is 43.2. The van der Waals surface area contributed by atoms with Crippen LogP contribution in [0.1, 0.15) is 138 Å². The van der Waals surface area contributed by atoms with Gasteiger partial charge < -0.3 is 44.7 Å². The fraction of sp³-hybridized carbons (Fsp3) is 0.705. The third kappa shape index (κ3) is 9.67. The molecule has 0 spiro atoms. The largest absolute Gasteiger partial charge is 0.460 e. The Kier molecular flexibility index (Phi) is 15.5. The topological polar surface area (TPSA) is 215 Å². The van der Waals surface area contributed by atoms with Crippen molar-refractivity contribution in [2.75, 3.05) is 6.61 Å². The van der Waals surface area contributed by atoms with E-state index in [0.717, 1.165) is 25.7 Å². The Balaban J connectivity index is 1.74. The van der Waals surface area contributed by atoms with Crippen molar-refractivity contribution in [1.82, 2.24) is 5.32 Å². The SMILES string of the molecule is CCCCCC(=O)N[C@@H](c1ccccc1)[C@@H](O)C(=O)OC1C[C@@](O)([C@H](C)OC(=O)CCCCC)C(C)(C)C([C@@H](O)C(=O)[C@@]2(C)C[C@]3(OC(C)=O)CO[C@@H]3C[C@@H]2O)=C1C. The molecule has 2 fully saturated rings. The number of aliphatic hydroxyl groups excluding tert-OH is 3. The molecule has 3 aliphatic rings.